The molecule has 1 N–H and O–H groups in total. The number of ether oxygens (including phenoxy) is 1. The van der Waals surface area contributed by atoms with Gasteiger partial charge >= 0.3 is 0 Å². The van der Waals surface area contributed by atoms with Gasteiger partial charge in [0.25, 0.3) is 5.91 Å². The molecule has 0 aromatic heterocycles. The predicted molar refractivity (Wildman–Crippen MR) is 164 cm³/mol. The second kappa shape index (κ2) is 10.8. The molecule has 0 aliphatic carbocycles. The highest BCUT2D eigenvalue weighted by atomic mass is 16.5. The number of benzene rings is 2. The minimum absolute atomic E-state index is 0.135. The molecule has 6 atom stereocenters. The van der Waals surface area contributed by atoms with Crippen molar-refractivity contribution < 1.29 is 24.2 Å². The molecule has 0 bridgehead atoms. The van der Waals surface area contributed by atoms with Crippen LogP contribution in [0.4, 0.5) is 5.69 Å². The zero-order valence-electron chi connectivity index (χ0n) is 25.6. The van der Waals surface area contributed by atoms with Crippen LogP contribution in [0.15, 0.2) is 72.8 Å². The smallest absolute Gasteiger partial charge is 0.253 e. The SMILES string of the molecule is Cc1cccc(C)c1N1CC=C[C@]23O[C@]4(C)C=CCN(Cc5ccccc5)C(=O)[C@@H]4[C@H]2C(=O)N([C@@H](CO)C(C)C)C3C1=O. The Labute approximate surface area is 253 Å². The lowest BCUT2D eigenvalue weighted by Gasteiger charge is -2.41. The minimum atomic E-state index is -1.38. The van der Waals surface area contributed by atoms with E-state index in [1.807, 2.05) is 107 Å². The highest BCUT2D eigenvalue weighted by Gasteiger charge is 2.75. The molecule has 2 fully saturated rings. The first-order chi connectivity index (χ1) is 20.5. The molecule has 2 saturated heterocycles. The van der Waals surface area contributed by atoms with Crippen LogP contribution >= 0.6 is 0 Å². The number of rotatable bonds is 6. The number of fused-ring (bicyclic) bond motifs is 2. The molecule has 0 saturated carbocycles. The van der Waals surface area contributed by atoms with Crippen LogP contribution in [0.2, 0.25) is 0 Å². The van der Waals surface area contributed by atoms with Gasteiger partial charge in [-0.15, -0.1) is 0 Å². The number of aliphatic hydroxyl groups is 1. The van der Waals surface area contributed by atoms with Gasteiger partial charge in [0.15, 0.2) is 0 Å². The molecule has 1 unspecified atom stereocenters. The summed E-state index contributed by atoms with van der Waals surface area (Å²) in [4.78, 5) is 49.1. The number of aryl methyl sites for hydroxylation is 2. The van der Waals surface area contributed by atoms with Crippen molar-refractivity contribution >= 4 is 23.4 Å². The lowest BCUT2D eigenvalue weighted by molar-refractivity contribution is -0.152. The van der Waals surface area contributed by atoms with E-state index in [-0.39, 0.29) is 30.2 Å². The fourth-order valence-corrected chi connectivity index (χ4v) is 7.87. The molecule has 3 amide bonds. The summed E-state index contributed by atoms with van der Waals surface area (Å²) in [7, 11) is 0. The van der Waals surface area contributed by atoms with Gasteiger partial charge in [0.2, 0.25) is 11.8 Å². The van der Waals surface area contributed by atoms with E-state index in [4.69, 9.17) is 4.74 Å². The zero-order valence-corrected chi connectivity index (χ0v) is 25.6. The summed E-state index contributed by atoms with van der Waals surface area (Å²) in [6, 6.07) is 14.0. The first-order valence-corrected chi connectivity index (χ1v) is 15.2. The number of anilines is 1. The minimum Gasteiger partial charge on any atom is -0.394 e. The Morgan fingerprint density at radius 1 is 0.884 bits per heavy atom. The van der Waals surface area contributed by atoms with Gasteiger partial charge in [-0.3, -0.25) is 14.4 Å². The summed E-state index contributed by atoms with van der Waals surface area (Å²) < 4.78 is 6.97. The summed E-state index contributed by atoms with van der Waals surface area (Å²) >= 11 is 0. The maximum Gasteiger partial charge on any atom is 0.253 e. The summed E-state index contributed by atoms with van der Waals surface area (Å²) in [6.45, 7) is 10.5. The van der Waals surface area contributed by atoms with Crippen LogP contribution in [0.1, 0.15) is 37.5 Å². The van der Waals surface area contributed by atoms with E-state index in [1.165, 1.54) is 0 Å². The van der Waals surface area contributed by atoms with Crippen LogP contribution in [0, 0.1) is 31.6 Å². The molecular weight excluding hydrogens is 542 g/mol. The van der Waals surface area contributed by atoms with Gasteiger partial charge in [-0.2, -0.15) is 0 Å². The van der Waals surface area contributed by atoms with Gasteiger partial charge in [-0.05, 0) is 43.4 Å². The molecule has 8 nitrogen and oxygen atoms in total. The predicted octanol–water partition coefficient (Wildman–Crippen LogP) is 3.79. The van der Waals surface area contributed by atoms with Crippen molar-refractivity contribution in [1.29, 1.82) is 0 Å². The number of para-hydroxylation sites is 1. The Morgan fingerprint density at radius 2 is 1.56 bits per heavy atom. The first kappa shape index (κ1) is 29.3. The largest absolute Gasteiger partial charge is 0.394 e. The fourth-order valence-electron chi connectivity index (χ4n) is 7.87. The number of hydrogen-bond donors (Lipinski definition) is 1. The molecule has 4 aliphatic rings. The lowest BCUT2D eigenvalue weighted by atomic mass is 9.74. The Balaban J connectivity index is 1.49. The Kier molecular flexibility index (Phi) is 7.33. The first-order valence-electron chi connectivity index (χ1n) is 15.2. The molecule has 2 aromatic rings. The van der Waals surface area contributed by atoms with Crippen molar-refractivity contribution in [2.24, 2.45) is 17.8 Å². The fraction of sp³-hybridized carbons (Fsp3) is 0.457. The number of likely N-dealkylation sites (tertiary alicyclic amines) is 1. The molecule has 6 rings (SSSR count). The zero-order chi connectivity index (χ0) is 30.7. The quantitative estimate of drug-likeness (QED) is 0.523. The monoisotopic (exact) mass is 583 g/mol. The Morgan fingerprint density at radius 3 is 2.21 bits per heavy atom. The van der Waals surface area contributed by atoms with Crippen LogP contribution in [0.3, 0.4) is 0 Å². The standard InChI is InChI=1S/C35H41N3O5/c1-22(2)26(21-39)38-30-33(42)37(29-23(3)12-9-13-24(29)4)19-11-17-35(30)28(32(38)41)27-31(40)36(18-10-16-34(27,5)43-35)20-25-14-7-6-8-15-25/h6-17,22,26-28,30,39H,18-21H2,1-5H3/t26-,27-,28-,30?,34+,35-/m0/s1. The molecule has 4 heterocycles. The van der Waals surface area contributed by atoms with Gasteiger partial charge in [-0.1, -0.05) is 86.7 Å². The number of carbonyl (C=O) groups is 3. The average molecular weight is 584 g/mol. The molecule has 0 radical (unpaired) electrons. The van der Waals surface area contributed by atoms with Crippen molar-refractivity contribution in [1.82, 2.24) is 9.80 Å². The van der Waals surface area contributed by atoms with Crippen molar-refractivity contribution in [2.75, 3.05) is 24.6 Å². The second-order valence-corrected chi connectivity index (χ2v) is 12.9. The topological polar surface area (TPSA) is 90.4 Å². The van der Waals surface area contributed by atoms with E-state index < -0.39 is 35.1 Å². The summed E-state index contributed by atoms with van der Waals surface area (Å²) in [5.74, 6) is -2.67. The van der Waals surface area contributed by atoms with E-state index in [1.54, 1.807) is 14.7 Å². The van der Waals surface area contributed by atoms with Gasteiger partial charge < -0.3 is 24.5 Å². The maximum absolute atomic E-state index is 14.9. The summed E-state index contributed by atoms with van der Waals surface area (Å²) in [5.41, 5.74) is 1.22. The van der Waals surface area contributed by atoms with E-state index >= 15 is 0 Å². The van der Waals surface area contributed by atoms with Crippen LogP contribution in [0.25, 0.3) is 0 Å². The second-order valence-electron chi connectivity index (χ2n) is 12.9. The van der Waals surface area contributed by atoms with Crippen molar-refractivity contribution in [3.8, 4) is 0 Å². The van der Waals surface area contributed by atoms with Crippen LogP contribution in [-0.2, 0) is 25.7 Å². The van der Waals surface area contributed by atoms with E-state index in [0.717, 1.165) is 22.4 Å². The normalized spacial score (nSPS) is 30.8. The highest BCUT2D eigenvalue weighted by molar-refractivity contribution is 6.06. The molecule has 4 aliphatic heterocycles. The number of amides is 3. The van der Waals surface area contributed by atoms with Crippen LogP contribution < -0.4 is 4.90 Å². The third kappa shape index (κ3) is 4.45. The molecular formula is C35H41N3O5. The third-order valence-corrected chi connectivity index (χ3v) is 9.82. The molecule has 2 aromatic carbocycles. The van der Waals surface area contributed by atoms with Crippen molar-refractivity contribution in [2.45, 2.75) is 64.4 Å². The van der Waals surface area contributed by atoms with Gasteiger partial charge in [0.1, 0.15) is 11.6 Å². The summed E-state index contributed by atoms with van der Waals surface area (Å²) in [6.07, 6.45) is 7.61. The number of hydrogen-bond acceptors (Lipinski definition) is 5. The molecule has 8 heteroatoms. The number of aliphatic hydroxyl groups excluding tert-OH is 1. The summed E-state index contributed by atoms with van der Waals surface area (Å²) in [5, 5.41) is 10.6. The van der Waals surface area contributed by atoms with E-state index in [2.05, 4.69) is 0 Å². The Bertz CT molecular complexity index is 1480. The van der Waals surface area contributed by atoms with E-state index in [9.17, 15) is 19.5 Å². The maximum atomic E-state index is 14.9. The van der Waals surface area contributed by atoms with Gasteiger partial charge in [0.05, 0.1) is 30.1 Å². The van der Waals surface area contributed by atoms with E-state index in [0.29, 0.717) is 19.6 Å². The van der Waals surface area contributed by atoms with Crippen molar-refractivity contribution in [3.05, 3.63) is 89.5 Å². The average Bonchev–Trinajstić information content (AvgIpc) is 3.24. The number of carbonyl (C=O) groups excluding carboxylic acids is 3. The molecule has 226 valence electrons. The lowest BCUT2D eigenvalue weighted by Crippen LogP contribution is -2.60. The molecule has 43 heavy (non-hydrogen) atoms. The number of nitrogens with zero attached hydrogens (tertiary/aromatic N) is 3. The van der Waals surface area contributed by atoms with Gasteiger partial charge in [-0.25, -0.2) is 0 Å². The van der Waals surface area contributed by atoms with Crippen molar-refractivity contribution in [3.63, 3.8) is 0 Å². The van der Waals surface area contributed by atoms with Crippen LogP contribution in [0.5, 0.6) is 0 Å². The molecule has 1 spiro atoms. The third-order valence-electron chi connectivity index (χ3n) is 9.82. The highest BCUT2D eigenvalue weighted by Crippen LogP contribution is 2.58. The van der Waals surface area contributed by atoms with Crippen LogP contribution in [-0.4, -0.2) is 75.6 Å². The Hall–Kier alpha value is -3.75. The van der Waals surface area contributed by atoms with Gasteiger partial charge in [0, 0.05) is 25.3 Å².